The number of Topliss-reactive ketones (excluding diaryl/α,β-unsaturated/α-hetero) is 1. The number of aromatic amines is 1. The van der Waals surface area contributed by atoms with Crippen LogP contribution in [0.15, 0.2) is 40.0 Å². The number of nitrogens with one attached hydrogen (secondary N) is 4. The van der Waals surface area contributed by atoms with Crippen molar-refractivity contribution >= 4 is 61.5 Å². The van der Waals surface area contributed by atoms with E-state index >= 15 is 0 Å². The number of carbonyl (C=O) groups excluding carboxylic acids is 3. The molecule has 202 valence electrons. The molecule has 2 aromatic heterocycles. The van der Waals surface area contributed by atoms with Crippen LogP contribution in [-0.2, 0) is 26.2 Å². The normalized spacial score (nSPS) is 13.9. The van der Waals surface area contributed by atoms with Crippen LogP contribution in [0.25, 0.3) is 0 Å². The molecule has 38 heavy (non-hydrogen) atoms. The molecule has 14 heteroatoms. The number of amides is 2. The van der Waals surface area contributed by atoms with E-state index in [0.29, 0.717) is 26.3 Å². The maximum atomic E-state index is 13.0. The average Bonchev–Trinajstić information content (AvgIpc) is 3.61. The standard InChI is InChI=1S/C24H28N6O5S3/c1-14-7-8-17(16(11-14)21(33)15-5-3-4-6-15)28-19(31)12-20(32)30-24-29-18(13-27-38(2,34)35)22(37-24)36-23-25-9-10-26-23/h7-11,15,27H,3-6,12-13H2,1-2H3,(H,25,26)(H,28,31)(H,29,30,32). The number of H-pyrrole nitrogens is 1. The van der Waals surface area contributed by atoms with Crippen molar-refractivity contribution in [1.29, 1.82) is 0 Å². The molecule has 0 saturated heterocycles. The highest BCUT2D eigenvalue weighted by Gasteiger charge is 2.26. The molecular weight excluding hydrogens is 549 g/mol. The molecule has 0 spiro atoms. The first-order valence-electron chi connectivity index (χ1n) is 11.9. The Kier molecular flexibility index (Phi) is 8.97. The van der Waals surface area contributed by atoms with Gasteiger partial charge in [-0.2, -0.15) is 0 Å². The molecule has 4 N–H and O–H groups in total. The Balaban J connectivity index is 1.42. The first-order valence-corrected chi connectivity index (χ1v) is 15.5. The van der Waals surface area contributed by atoms with Crippen molar-refractivity contribution in [2.75, 3.05) is 16.9 Å². The Hall–Kier alpha value is -3.07. The van der Waals surface area contributed by atoms with Gasteiger partial charge >= 0.3 is 0 Å². The molecule has 1 aromatic carbocycles. The molecule has 0 atom stereocenters. The van der Waals surface area contributed by atoms with Crippen LogP contribution < -0.4 is 15.4 Å². The summed E-state index contributed by atoms with van der Waals surface area (Å²) in [5.41, 5.74) is 2.19. The van der Waals surface area contributed by atoms with Crippen LogP contribution >= 0.6 is 23.1 Å². The number of hydrogen-bond acceptors (Lipinski definition) is 9. The second-order valence-corrected chi connectivity index (χ2v) is 13.1. The van der Waals surface area contributed by atoms with Gasteiger partial charge in [-0.25, -0.2) is 23.1 Å². The van der Waals surface area contributed by atoms with Crippen molar-refractivity contribution in [3.8, 4) is 0 Å². The summed E-state index contributed by atoms with van der Waals surface area (Å²) in [6.07, 6.45) is 7.53. The molecule has 11 nitrogen and oxygen atoms in total. The van der Waals surface area contributed by atoms with Crippen LogP contribution in [-0.4, -0.2) is 47.2 Å². The Morgan fingerprint density at radius 3 is 2.58 bits per heavy atom. The summed E-state index contributed by atoms with van der Waals surface area (Å²) >= 11 is 2.38. The molecule has 0 aliphatic heterocycles. The van der Waals surface area contributed by atoms with E-state index < -0.39 is 28.3 Å². The number of thiazole rings is 1. The average molecular weight is 577 g/mol. The summed E-state index contributed by atoms with van der Waals surface area (Å²) in [7, 11) is -3.46. The molecule has 0 unspecified atom stereocenters. The van der Waals surface area contributed by atoms with Crippen molar-refractivity contribution in [1.82, 2.24) is 19.7 Å². The van der Waals surface area contributed by atoms with Crippen molar-refractivity contribution in [2.45, 2.75) is 54.9 Å². The minimum Gasteiger partial charge on any atom is -0.339 e. The molecule has 1 aliphatic rings. The summed E-state index contributed by atoms with van der Waals surface area (Å²) in [6.45, 7) is 1.82. The van der Waals surface area contributed by atoms with Crippen molar-refractivity contribution in [3.63, 3.8) is 0 Å². The largest absolute Gasteiger partial charge is 0.339 e. The molecule has 2 heterocycles. The number of carbonyl (C=O) groups is 3. The minimum atomic E-state index is -3.46. The third-order valence-electron chi connectivity index (χ3n) is 5.83. The number of rotatable bonds is 11. The first kappa shape index (κ1) is 28.0. The highest BCUT2D eigenvalue weighted by atomic mass is 32.2. The van der Waals surface area contributed by atoms with Crippen molar-refractivity contribution < 1.29 is 22.8 Å². The number of imidazole rings is 1. The number of aromatic nitrogens is 3. The highest BCUT2D eigenvalue weighted by Crippen LogP contribution is 2.36. The Labute approximate surface area is 228 Å². The molecule has 1 fully saturated rings. The van der Waals surface area contributed by atoms with E-state index in [4.69, 9.17) is 0 Å². The predicted octanol–water partition coefficient (Wildman–Crippen LogP) is 3.72. The lowest BCUT2D eigenvalue weighted by atomic mass is 9.94. The van der Waals surface area contributed by atoms with Crippen LogP contribution in [0.3, 0.4) is 0 Å². The number of nitrogens with zero attached hydrogens (tertiary/aromatic N) is 2. The molecule has 4 rings (SSSR count). The molecule has 1 saturated carbocycles. The number of ketones is 1. The van der Waals surface area contributed by atoms with Crippen LogP contribution in [0.1, 0.15) is 53.7 Å². The number of benzene rings is 1. The summed E-state index contributed by atoms with van der Waals surface area (Å²) < 4.78 is 26.1. The van der Waals surface area contributed by atoms with Gasteiger partial charge in [-0.3, -0.25) is 14.4 Å². The van der Waals surface area contributed by atoms with Gasteiger partial charge in [0.05, 0.1) is 28.4 Å². The molecule has 2 amide bonds. The fourth-order valence-electron chi connectivity index (χ4n) is 4.06. The zero-order chi connectivity index (χ0) is 27.3. The van der Waals surface area contributed by atoms with Crippen LogP contribution in [0.5, 0.6) is 0 Å². The maximum Gasteiger partial charge on any atom is 0.235 e. The van der Waals surface area contributed by atoms with Crippen LogP contribution in [0.4, 0.5) is 10.8 Å². The molecule has 1 aliphatic carbocycles. The van der Waals surface area contributed by atoms with Gasteiger partial charge in [0.1, 0.15) is 6.42 Å². The quantitative estimate of drug-likeness (QED) is 0.198. The number of aryl methyl sites for hydroxylation is 1. The SMILES string of the molecule is Cc1ccc(NC(=O)CC(=O)Nc2nc(CNS(C)(=O)=O)c(Sc3ncc[nH]3)s2)c(C(=O)C2CCCC2)c1. The van der Waals surface area contributed by atoms with Gasteiger partial charge in [-0.1, -0.05) is 35.8 Å². The Morgan fingerprint density at radius 1 is 1.16 bits per heavy atom. The third kappa shape index (κ3) is 7.72. The number of anilines is 2. The second-order valence-electron chi connectivity index (χ2n) is 9.01. The van der Waals surface area contributed by atoms with Gasteiger partial charge < -0.3 is 15.6 Å². The highest BCUT2D eigenvalue weighted by molar-refractivity contribution is 8.01. The summed E-state index contributed by atoms with van der Waals surface area (Å²) in [5.74, 6) is -1.18. The van der Waals surface area contributed by atoms with E-state index in [-0.39, 0.29) is 23.4 Å². The number of hydrogen-bond donors (Lipinski definition) is 4. The molecule has 0 radical (unpaired) electrons. The zero-order valence-electron chi connectivity index (χ0n) is 20.9. The lowest BCUT2D eigenvalue weighted by Gasteiger charge is -2.14. The van der Waals surface area contributed by atoms with E-state index in [1.807, 2.05) is 6.92 Å². The fourth-order valence-corrected chi connectivity index (χ4v) is 6.48. The van der Waals surface area contributed by atoms with Gasteiger partial charge in [0.2, 0.25) is 21.8 Å². The Bertz CT molecular complexity index is 1430. The van der Waals surface area contributed by atoms with Gasteiger partial charge in [0, 0.05) is 23.9 Å². The predicted molar refractivity (Wildman–Crippen MR) is 146 cm³/mol. The van der Waals surface area contributed by atoms with Gasteiger partial charge in [0.15, 0.2) is 16.1 Å². The van der Waals surface area contributed by atoms with E-state index in [9.17, 15) is 22.8 Å². The number of sulfonamides is 1. The monoisotopic (exact) mass is 576 g/mol. The lowest BCUT2D eigenvalue weighted by Crippen LogP contribution is -2.23. The second kappa shape index (κ2) is 12.2. The van der Waals surface area contributed by atoms with Gasteiger partial charge in [-0.05, 0) is 43.7 Å². The van der Waals surface area contributed by atoms with Gasteiger partial charge in [-0.15, -0.1) is 0 Å². The molecule has 0 bridgehead atoms. The molecule has 3 aromatic rings. The Morgan fingerprint density at radius 2 is 1.89 bits per heavy atom. The summed E-state index contributed by atoms with van der Waals surface area (Å²) in [5, 5.41) is 6.11. The maximum absolute atomic E-state index is 13.0. The van der Waals surface area contributed by atoms with Gasteiger partial charge in [0.25, 0.3) is 0 Å². The van der Waals surface area contributed by atoms with E-state index in [0.717, 1.165) is 48.8 Å². The van der Waals surface area contributed by atoms with Crippen molar-refractivity contribution in [2.24, 2.45) is 5.92 Å². The summed E-state index contributed by atoms with van der Waals surface area (Å²) in [6, 6.07) is 5.27. The van der Waals surface area contributed by atoms with E-state index in [1.54, 1.807) is 30.6 Å². The van der Waals surface area contributed by atoms with E-state index in [1.165, 1.54) is 11.8 Å². The minimum absolute atomic E-state index is 0.0190. The lowest BCUT2D eigenvalue weighted by molar-refractivity contribution is -0.123. The molecular formula is C24H28N6O5S3. The van der Waals surface area contributed by atoms with Crippen LogP contribution in [0.2, 0.25) is 0 Å². The van der Waals surface area contributed by atoms with Crippen molar-refractivity contribution in [3.05, 3.63) is 47.4 Å². The fraction of sp³-hybridized carbons (Fsp3) is 0.375. The topological polar surface area (TPSA) is 163 Å². The van der Waals surface area contributed by atoms with E-state index in [2.05, 4.69) is 30.3 Å². The zero-order valence-corrected chi connectivity index (χ0v) is 23.3. The summed E-state index contributed by atoms with van der Waals surface area (Å²) in [4.78, 5) is 49.8. The third-order valence-corrected chi connectivity index (χ3v) is 8.65. The smallest absolute Gasteiger partial charge is 0.235 e. The van der Waals surface area contributed by atoms with Crippen LogP contribution in [0, 0.1) is 12.8 Å². The first-order chi connectivity index (χ1) is 18.1.